The van der Waals surface area contributed by atoms with Crippen LogP contribution in [0.1, 0.15) is 74.7 Å². The zero-order chi connectivity index (χ0) is 30.2. The Kier molecular flexibility index (Phi) is 10.2. The molecule has 2 heterocycles. The van der Waals surface area contributed by atoms with Crippen molar-refractivity contribution in [3.05, 3.63) is 77.6 Å². The third kappa shape index (κ3) is 6.73. The van der Waals surface area contributed by atoms with Gasteiger partial charge in [0.1, 0.15) is 5.78 Å². The summed E-state index contributed by atoms with van der Waals surface area (Å²) in [5.41, 5.74) is 3.55. The van der Waals surface area contributed by atoms with Gasteiger partial charge in [0, 0.05) is 35.9 Å². The molecule has 2 aromatic carbocycles. The van der Waals surface area contributed by atoms with Gasteiger partial charge in [-0.2, -0.15) is 4.39 Å². The van der Waals surface area contributed by atoms with E-state index in [4.69, 9.17) is 10.1 Å². The average molecular weight is 575 g/mol. The van der Waals surface area contributed by atoms with Gasteiger partial charge in [-0.1, -0.05) is 26.7 Å². The number of unbranched alkanes of at least 4 members (excludes halogenated alkanes) is 2. The second kappa shape index (κ2) is 14.0. The third-order valence-electron chi connectivity index (χ3n) is 7.30. The number of nitrogens with zero attached hydrogens (tertiary/aromatic N) is 2. The Bertz CT molecular complexity index is 1610. The molecule has 0 atom stereocenters. The van der Waals surface area contributed by atoms with E-state index in [0.29, 0.717) is 54.0 Å². The van der Waals surface area contributed by atoms with Crippen LogP contribution in [0.5, 0.6) is 5.75 Å². The molecule has 0 radical (unpaired) electrons. The number of ether oxygens (including phenoxy) is 1. The van der Waals surface area contributed by atoms with Gasteiger partial charge in [-0.15, -0.1) is 0 Å². The lowest BCUT2D eigenvalue weighted by atomic mass is 9.95. The van der Waals surface area contributed by atoms with Crippen LogP contribution in [-0.2, 0) is 11.2 Å². The summed E-state index contributed by atoms with van der Waals surface area (Å²) in [6.07, 6.45) is 8.50. The Morgan fingerprint density at radius 1 is 1.00 bits per heavy atom. The van der Waals surface area contributed by atoms with Crippen LogP contribution in [0.15, 0.2) is 54.9 Å². The molecule has 4 aromatic rings. The highest BCUT2D eigenvalue weighted by Crippen LogP contribution is 2.32. The molecule has 0 saturated carbocycles. The maximum absolute atomic E-state index is 14.8. The van der Waals surface area contributed by atoms with E-state index in [-0.39, 0.29) is 35.0 Å². The van der Waals surface area contributed by atoms with Crippen LogP contribution >= 0.6 is 0 Å². The van der Waals surface area contributed by atoms with Gasteiger partial charge in [0.2, 0.25) is 11.6 Å². The number of aryl methyl sites for hydroxylation is 1. The topological polar surface area (TPSA) is 96.5 Å². The van der Waals surface area contributed by atoms with Crippen molar-refractivity contribution in [2.24, 2.45) is 0 Å². The summed E-state index contributed by atoms with van der Waals surface area (Å²) >= 11 is 0. The van der Waals surface area contributed by atoms with Crippen molar-refractivity contribution in [3.63, 3.8) is 0 Å². The number of hydrogen-bond donors (Lipinski definition) is 2. The van der Waals surface area contributed by atoms with Gasteiger partial charge in [-0.25, -0.2) is 9.37 Å². The van der Waals surface area contributed by atoms with Crippen molar-refractivity contribution in [1.82, 2.24) is 9.38 Å². The molecule has 0 amide bonds. The van der Waals surface area contributed by atoms with Gasteiger partial charge in [0.05, 0.1) is 30.4 Å². The number of pyridine rings is 1. The molecule has 0 saturated heterocycles. The Balaban J connectivity index is 1.49. The van der Waals surface area contributed by atoms with Crippen molar-refractivity contribution >= 4 is 34.3 Å². The van der Waals surface area contributed by atoms with Crippen LogP contribution in [0.4, 0.5) is 20.2 Å². The van der Waals surface area contributed by atoms with E-state index in [0.717, 1.165) is 24.8 Å². The third-order valence-corrected chi connectivity index (χ3v) is 7.30. The minimum atomic E-state index is -1.06. The SMILES string of the molecule is CCCCCC(=O)CCCC(=N)C(=O)c1ccc(Nc2cccn3c(-c4ccc(OC)c(F)c4F)cnc23)cc1CC. The molecule has 0 bridgehead atoms. The number of carbonyl (C=O) groups is 2. The van der Waals surface area contributed by atoms with Crippen molar-refractivity contribution in [2.75, 3.05) is 12.4 Å². The summed E-state index contributed by atoms with van der Waals surface area (Å²) in [6.45, 7) is 4.04. The number of rotatable bonds is 15. The summed E-state index contributed by atoms with van der Waals surface area (Å²) in [7, 11) is 1.28. The molecule has 2 aromatic heterocycles. The minimum Gasteiger partial charge on any atom is -0.494 e. The summed E-state index contributed by atoms with van der Waals surface area (Å²) < 4.78 is 35.7. The van der Waals surface area contributed by atoms with Crippen molar-refractivity contribution in [1.29, 1.82) is 5.41 Å². The minimum absolute atomic E-state index is 0.00338. The highest BCUT2D eigenvalue weighted by atomic mass is 19.2. The second-order valence-electron chi connectivity index (χ2n) is 10.2. The number of hydrogen-bond acceptors (Lipinski definition) is 6. The number of carbonyl (C=O) groups excluding carboxylic acids is 2. The molecule has 9 heteroatoms. The Morgan fingerprint density at radius 3 is 2.52 bits per heavy atom. The molecule has 0 aliphatic heterocycles. The number of anilines is 2. The fraction of sp³-hybridized carbons (Fsp3) is 0.333. The first-order valence-electron chi connectivity index (χ1n) is 14.3. The molecule has 0 fully saturated rings. The van der Waals surface area contributed by atoms with E-state index >= 15 is 0 Å². The summed E-state index contributed by atoms with van der Waals surface area (Å²) in [5.74, 6) is -2.40. The molecular weight excluding hydrogens is 538 g/mol. The summed E-state index contributed by atoms with van der Waals surface area (Å²) in [5, 5.41) is 11.6. The molecule has 2 N–H and O–H groups in total. The molecule has 0 unspecified atom stereocenters. The normalized spacial score (nSPS) is 11.1. The maximum atomic E-state index is 14.8. The predicted octanol–water partition coefficient (Wildman–Crippen LogP) is 8.12. The largest absolute Gasteiger partial charge is 0.494 e. The first kappa shape index (κ1) is 30.6. The smallest absolute Gasteiger partial charge is 0.206 e. The summed E-state index contributed by atoms with van der Waals surface area (Å²) in [6, 6.07) is 11.8. The standard InChI is InChI=1S/C33H36F2N4O3/c1-4-6-7-10-23(40)11-8-12-26(36)32(41)24-15-14-22(19-21(24)5-2)38-27-13-9-18-39-28(20-37-33(27)39)25-16-17-29(42-3)31(35)30(25)34/h9,13-20,36,38H,4-8,10-12H2,1-3H3. The Labute approximate surface area is 244 Å². The number of imidazole rings is 1. The fourth-order valence-corrected chi connectivity index (χ4v) is 4.97. The van der Waals surface area contributed by atoms with Crippen LogP contribution in [0.25, 0.3) is 16.9 Å². The van der Waals surface area contributed by atoms with E-state index in [1.54, 1.807) is 28.8 Å². The molecule has 220 valence electrons. The first-order chi connectivity index (χ1) is 20.3. The van der Waals surface area contributed by atoms with Crippen LogP contribution < -0.4 is 10.1 Å². The molecule has 0 spiro atoms. The Hall–Kier alpha value is -4.40. The molecule has 0 aliphatic carbocycles. The van der Waals surface area contributed by atoms with Gasteiger partial charge in [0.15, 0.2) is 17.2 Å². The zero-order valence-electron chi connectivity index (χ0n) is 24.2. The lowest BCUT2D eigenvalue weighted by molar-refractivity contribution is -0.119. The number of benzene rings is 2. The second-order valence-corrected chi connectivity index (χ2v) is 10.2. The highest BCUT2D eigenvalue weighted by Gasteiger charge is 2.20. The van der Waals surface area contributed by atoms with Gasteiger partial charge in [0.25, 0.3) is 0 Å². The van der Waals surface area contributed by atoms with E-state index in [1.165, 1.54) is 25.4 Å². The Morgan fingerprint density at radius 2 is 1.79 bits per heavy atom. The molecule has 42 heavy (non-hydrogen) atoms. The number of halogens is 2. The van der Waals surface area contributed by atoms with E-state index in [2.05, 4.69) is 17.2 Å². The van der Waals surface area contributed by atoms with Gasteiger partial charge < -0.3 is 15.5 Å². The predicted molar refractivity (Wildman–Crippen MR) is 161 cm³/mol. The zero-order valence-corrected chi connectivity index (χ0v) is 24.2. The number of Topliss-reactive ketones (excluding diaryl/α,β-unsaturated/α-hetero) is 2. The molecule has 0 aliphatic rings. The van der Waals surface area contributed by atoms with Gasteiger partial charge in [-0.05, 0) is 73.7 Å². The molecule has 4 rings (SSSR count). The van der Waals surface area contributed by atoms with E-state index in [9.17, 15) is 18.4 Å². The molecule has 7 nitrogen and oxygen atoms in total. The number of nitrogens with one attached hydrogen (secondary N) is 2. The van der Waals surface area contributed by atoms with Crippen LogP contribution in [0.3, 0.4) is 0 Å². The lowest BCUT2D eigenvalue weighted by Gasteiger charge is -2.13. The van der Waals surface area contributed by atoms with E-state index < -0.39 is 11.6 Å². The first-order valence-corrected chi connectivity index (χ1v) is 14.3. The fourth-order valence-electron chi connectivity index (χ4n) is 4.97. The lowest BCUT2D eigenvalue weighted by Crippen LogP contribution is -2.16. The number of fused-ring (bicyclic) bond motifs is 1. The van der Waals surface area contributed by atoms with Crippen molar-refractivity contribution < 1.29 is 23.1 Å². The monoisotopic (exact) mass is 574 g/mol. The number of methoxy groups -OCH3 is 1. The number of ketones is 2. The van der Waals surface area contributed by atoms with Crippen molar-refractivity contribution in [3.8, 4) is 17.0 Å². The maximum Gasteiger partial charge on any atom is 0.206 e. The number of aromatic nitrogens is 2. The van der Waals surface area contributed by atoms with Gasteiger partial charge in [-0.3, -0.25) is 14.0 Å². The van der Waals surface area contributed by atoms with Crippen LogP contribution in [0.2, 0.25) is 0 Å². The summed E-state index contributed by atoms with van der Waals surface area (Å²) in [4.78, 5) is 29.6. The highest BCUT2D eigenvalue weighted by molar-refractivity contribution is 6.45. The molecular formula is C33H36F2N4O3. The van der Waals surface area contributed by atoms with Crippen LogP contribution in [-0.4, -0.2) is 33.8 Å². The van der Waals surface area contributed by atoms with Crippen LogP contribution in [0, 0.1) is 17.0 Å². The van der Waals surface area contributed by atoms with Crippen molar-refractivity contribution in [2.45, 2.75) is 65.2 Å². The van der Waals surface area contributed by atoms with E-state index in [1.807, 2.05) is 19.1 Å². The van der Waals surface area contributed by atoms with Gasteiger partial charge >= 0.3 is 0 Å². The average Bonchev–Trinajstić information content (AvgIpc) is 3.43. The quantitative estimate of drug-likeness (QED) is 0.0849.